The van der Waals surface area contributed by atoms with Gasteiger partial charge in [0.05, 0.1) is 5.56 Å². The van der Waals surface area contributed by atoms with Gasteiger partial charge in [-0.25, -0.2) is 0 Å². The smallest absolute Gasteiger partial charge is 0.370 e. The van der Waals surface area contributed by atoms with Crippen LogP contribution in [0.2, 0.25) is 0 Å². The lowest BCUT2D eigenvalue weighted by Gasteiger charge is -2.32. The molecule has 5 heteroatoms. The minimum Gasteiger partial charge on any atom is -0.370 e. The molecule has 0 bridgehead atoms. The molecule has 2 nitrogen and oxygen atoms in total. The molecule has 2 rings (SSSR count). The average molecular weight is 244 g/mol. The minimum absolute atomic E-state index is 0.117. The quantitative estimate of drug-likeness (QED) is 0.822. The van der Waals surface area contributed by atoms with E-state index in [4.69, 9.17) is 5.73 Å². The van der Waals surface area contributed by atoms with Crippen molar-refractivity contribution in [3.05, 3.63) is 29.8 Å². The minimum atomic E-state index is -4.27. The molecule has 1 aliphatic heterocycles. The molecule has 0 aromatic heterocycles. The molecule has 1 unspecified atom stereocenters. The van der Waals surface area contributed by atoms with Gasteiger partial charge in [0.1, 0.15) is 0 Å². The van der Waals surface area contributed by atoms with Crippen molar-refractivity contribution in [2.45, 2.75) is 25.1 Å². The van der Waals surface area contributed by atoms with Gasteiger partial charge in [0, 0.05) is 24.8 Å². The topological polar surface area (TPSA) is 29.3 Å². The summed E-state index contributed by atoms with van der Waals surface area (Å²) in [5, 5.41) is 0. The Morgan fingerprint density at radius 1 is 1.18 bits per heavy atom. The van der Waals surface area contributed by atoms with E-state index in [2.05, 4.69) is 0 Å². The van der Waals surface area contributed by atoms with E-state index in [-0.39, 0.29) is 6.04 Å². The van der Waals surface area contributed by atoms with E-state index < -0.39 is 11.7 Å². The summed E-state index contributed by atoms with van der Waals surface area (Å²) >= 11 is 0. The normalized spacial score (nSPS) is 21.6. The summed E-state index contributed by atoms with van der Waals surface area (Å²) in [5.41, 5.74) is 6.04. The van der Waals surface area contributed by atoms with Crippen molar-refractivity contribution in [3.8, 4) is 0 Å². The SMILES string of the molecule is NC1CCCN(c2ccc(C(F)(F)F)cc2)C1. The largest absolute Gasteiger partial charge is 0.416 e. The van der Waals surface area contributed by atoms with Gasteiger partial charge >= 0.3 is 6.18 Å². The molecular weight excluding hydrogens is 229 g/mol. The number of benzene rings is 1. The molecule has 0 aliphatic carbocycles. The highest BCUT2D eigenvalue weighted by molar-refractivity contribution is 5.48. The average Bonchev–Trinajstić information content (AvgIpc) is 2.28. The number of hydrogen-bond acceptors (Lipinski definition) is 2. The van der Waals surface area contributed by atoms with E-state index in [0.29, 0.717) is 6.54 Å². The van der Waals surface area contributed by atoms with Gasteiger partial charge in [0.2, 0.25) is 0 Å². The van der Waals surface area contributed by atoms with Crippen molar-refractivity contribution in [2.24, 2.45) is 5.73 Å². The van der Waals surface area contributed by atoms with Gasteiger partial charge in [0.15, 0.2) is 0 Å². The zero-order chi connectivity index (χ0) is 12.5. The van der Waals surface area contributed by atoms with Gasteiger partial charge in [0.25, 0.3) is 0 Å². The van der Waals surface area contributed by atoms with Gasteiger partial charge in [-0.1, -0.05) is 0 Å². The standard InChI is InChI=1S/C12H15F3N2/c13-12(14,15)9-3-5-11(6-4-9)17-7-1-2-10(16)8-17/h3-6,10H,1-2,7-8,16H2. The summed E-state index contributed by atoms with van der Waals surface area (Å²) in [6.45, 7) is 1.57. The molecule has 1 fully saturated rings. The van der Waals surface area contributed by atoms with Gasteiger partial charge in [-0.15, -0.1) is 0 Å². The van der Waals surface area contributed by atoms with E-state index in [9.17, 15) is 13.2 Å². The van der Waals surface area contributed by atoms with Crippen LogP contribution in [0.25, 0.3) is 0 Å². The van der Waals surface area contributed by atoms with Crippen LogP contribution < -0.4 is 10.6 Å². The number of halogens is 3. The Labute approximate surface area is 98.2 Å². The summed E-state index contributed by atoms with van der Waals surface area (Å²) < 4.78 is 37.2. The molecule has 0 saturated carbocycles. The first-order valence-electron chi connectivity index (χ1n) is 5.64. The maximum Gasteiger partial charge on any atom is 0.416 e. The van der Waals surface area contributed by atoms with E-state index >= 15 is 0 Å². The molecule has 1 aliphatic rings. The van der Waals surface area contributed by atoms with Crippen molar-refractivity contribution < 1.29 is 13.2 Å². The van der Waals surface area contributed by atoms with Crippen LogP contribution >= 0.6 is 0 Å². The second kappa shape index (κ2) is 4.56. The Kier molecular flexibility index (Phi) is 3.28. The van der Waals surface area contributed by atoms with E-state index in [1.54, 1.807) is 0 Å². The molecule has 94 valence electrons. The van der Waals surface area contributed by atoms with E-state index in [0.717, 1.165) is 37.2 Å². The molecule has 2 N–H and O–H groups in total. The first kappa shape index (κ1) is 12.2. The number of nitrogens with zero attached hydrogens (tertiary/aromatic N) is 1. The van der Waals surface area contributed by atoms with Crippen LogP contribution in [0.3, 0.4) is 0 Å². The number of anilines is 1. The van der Waals surface area contributed by atoms with Crippen LogP contribution in [-0.2, 0) is 6.18 Å². The second-order valence-corrected chi connectivity index (χ2v) is 4.39. The van der Waals surface area contributed by atoms with Gasteiger partial charge < -0.3 is 10.6 Å². The predicted molar refractivity (Wildman–Crippen MR) is 60.9 cm³/mol. The number of piperidine rings is 1. The van der Waals surface area contributed by atoms with Crippen LogP contribution in [-0.4, -0.2) is 19.1 Å². The fraction of sp³-hybridized carbons (Fsp3) is 0.500. The lowest BCUT2D eigenvalue weighted by Crippen LogP contribution is -2.42. The molecule has 1 atom stereocenters. The third-order valence-corrected chi connectivity index (χ3v) is 3.02. The monoisotopic (exact) mass is 244 g/mol. The molecule has 1 aromatic carbocycles. The lowest BCUT2D eigenvalue weighted by atomic mass is 10.1. The molecule has 1 heterocycles. The summed E-state index contributed by atoms with van der Waals surface area (Å²) in [4.78, 5) is 2.04. The van der Waals surface area contributed by atoms with Crippen LogP contribution in [0.1, 0.15) is 18.4 Å². The first-order valence-corrected chi connectivity index (χ1v) is 5.64. The van der Waals surface area contributed by atoms with Crippen molar-refractivity contribution in [2.75, 3.05) is 18.0 Å². The zero-order valence-corrected chi connectivity index (χ0v) is 9.37. The molecule has 1 aromatic rings. The molecule has 0 spiro atoms. The Morgan fingerprint density at radius 3 is 2.35 bits per heavy atom. The van der Waals surface area contributed by atoms with Crippen molar-refractivity contribution in [1.29, 1.82) is 0 Å². The van der Waals surface area contributed by atoms with Crippen LogP contribution in [0.4, 0.5) is 18.9 Å². The Morgan fingerprint density at radius 2 is 1.82 bits per heavy atom. The summed E-state index contributed by atoms with van der Waals surface area (Å²) in [6, 6.07) is 5.39. The summed E-state index contributed by atoms with van der Waals surface area (Å²) in [6.07, 6.45) is -2.30. The zero-order valence-electron chi connectivity index (χ0n) is 9.37. The van der Waals surface area contributed by atoms with Crippen molar-refractivity contribution >= 4 is 5.69 Å². The van der Waals surface area contributed by atoms with E-state index in [1.807, 2.05) is 4.90 Å². The number of hydrogen-bond donors (Lipinski definition) is 1. The first-order chi connectivity index (χ1) is 7.97. The Hall–Kier alpha value is -1.23. The highest BCUT2D eigenvalue weighted by Gasteiger charge is 2.30. The molecule has 0 radical (unpaired) electrons. The Bertz CT molecular complexity index is 372. The van der Waals surface area contributed by atoms with Crippen LogP contribution in [0, 0.1) is 0 Å². The third kappa shape index (κ3) is 2.91. The number of alkyl halides is 3. The number of rotatable bonds is 1. The van der Waals surface area contributed by atoms with Crippen LogP contribution in [0.5, 0.6) is 0 Å². The molecule has 1 saturated heterocycles. The molecule has 0 amide bonds. The maximum absolute atomic E-state index is 12.4. The fourth-order valence-corrected chi connectivity index (χ4v) is 2.11. The highest BCUT2D eigenvalue weighted by Crippen LogP contribution is 2.30. The maximum atomic E-state index is 12.4. The summed E-state index contributed by atoms with van der Waals surface area (Å²) in [7, 11) is 0. The summed E-state index contributed by atoms with van der Waals surface area (Å²) in [5.74, 6) is 0. The van der Waals surface area contributed by atoms with E-state index in [1.165, 1.54) is 12.1 Å². The molecular formula is C12H15F3N2. The van der Waals surface area contributed by atoms with Gasteiger partial charge in [-0.2, -0.15) is 13.2 Å². The van der Waals surface area contributed by atoms with Crippen molar-refractivity contribution in [3.63, 3.8) is 0 Å². The molecule has 17 heavy (non-hydrogen) atoms. The lowest BCUT2D eigenvalue weighted by molar-refractivity contribution is -0.137. The second-order valence-electron chi connectivity index (χ2n) is 4.39. The number of nitrogens with two attached hydrogens (primary N) is 1. The Balaban J connectivity index is 2.12. The highest BCUT2D eigenvalue weighted by atomic mass is 19.4. The fourth-order valence-electron chi connectivity index (χ4n) is 2.11. The third-order valence-electron chi connectivity index (χ3n) is 3.02. The van der Waals surface area contributed by atoms with Gasteiger partial charge in [-0.05, 0) is 37.1 Å². The van der Waals surface area contributed by atoms with Gasteiger partial charge in [-0.3, -0.25) is 0 Å². The predicted octanol–water partition coefficient (Wildman–Crippen LogP) is 2.63. The van der Waals surface area contributed by atoms with Crippen LogP contribution in [0.15, 0.2) is 24.3 Å². The van der Waals surface area contributed by atoms with Crippen molar-refractivity contribution in [1.82, 2.24) is 0 Å².